The number of oxime groups is 1. The second kappa shape index (κ2) is 12.9. The third-order valence-electron chi connectivity index (χ3n) is 6.74. The number of carboxylic acids is 1. The van der Waals surface area contributed by atoms with Crippen LogP contribution in [0.1, 0.15) is 91.7 Å². The number of hydrogen-bond acceptors (Lipinski definition) is 4. The number of rotatable bonds is 11. The van der Waals surface area contributed by atoms with E-state index in [1.807, 2.05) is 25.1 Å². The molecule has 0 bridgehead atoms. The van der Waals surface area contributed by atoms with Crippen LogP contribution in [0, 0.1) is 0 Å². The fourth-order valence-electron chi connectivity index (χ4n) is 4.74. The SMILES string of the molecule is CCc1cc(CON=C(C)c2ccc(C3CCCCC3)c(C(F)(F)F)c2)ccc1CNCCC(=O)O. The summed E-state index contributed by atoms with van der Waals surface area (Å²) in [6.07, 6.45) is 1.10. The summed E-state index contributed by atoms with van der Waals surface area (Å²) >= 11 is 0. The minimum atomic E-state index is -4.41. The standard InChI is InChI=1S/C28H35F3N2O3/c1-3-21-15-20(9-10-24(21)17-32-14-13-27(34)35)18-36-33-19(2)23-11-12-25(22-7-5-4-6-8-22)26(16-23)28(29,30)31/h9-12,15-16,22,32H,3-8,13-14,17-18H2,1-2H3,(H,34,35). The van der Waals surface area contributed by atoms with Gasteiger partial charge in [-0.3, -0.25) is 4.79 Å². The Hall–Kier alpha value is -2.87. The van der Waals surface area contributed by atoms with Crippen molar-refractivity contribution in [3.05, 3.63) is 69.8 Å². The van der Waals surface area contributed by atoms with Gasteiger partial charge in [0.1, 0.15) is 6.61 Å². The van der Waals surface area contributed by atoms with Gasteiger partial charge in [-0.15, -0.1) is 0 Å². The van der Waals surface area contributed by atoms with Crippen LogP contribution in [-0.2, 0) is 35.4 Å². The molecule has 0 spiro atoms. The number of carboxylic acid groups (broad SMARTS) is 1. The van der Waals surface area contributed by atoms with Crippen LogP contribution < -0.4 is 5.32 Å². The van der Waals surface area contributed by atoms with Gasteiger partial charge in [-0.05, 0) is 66.0 Å². The lowest BCUT2D eigenvalue weighted by Gasteiger charge is -2.25. The molecule has 5 nitrogen and oxygen atoms in total. The first-order valence-corrected chi connectivity index (χ1v) is 12.6. The fraction of sp³-hybridized carbons (Fsp3) is 0.500. The Morgan fingerprint density at radius 2 is 1.86 bits per heavy atom. The van der Waals surface area contributed by atoms with E-state index in [1.165, 1.54) is 6.07 Å². The fourth-order valence-corrected chi connectivity index (χ4v) is 4.74. The Kier molecular flexibility index (Phi) is 9.93. The molecule has 0 atom stereocenters. The van der Waals surface area contributed by atoms with Crippen LogP contribution in [0.25, 0.3) is 0 Å². The number of hydrogen-bond donors (Lipinski definition) is 2. The second-order valence-corrected chi connectivity index (χ2v) is 9.36. The molecule has 1 fully saturated rings. The minimum Gasteiger partial charge on any atom is -0.481 e. The molecular weight excluding hydrogens is 469 g/mol. The molecule has 8 heteroatoms. The highest BCUT2D eigenvalue weighted by Gasteiger charge is 2.36. The smallest absolute Gasteiger partial charge is 0.416 e. The van der Waals surface area contributed by atoms with E-state index in [2.05, 4.69) is 10.5 Å². The summed E-state index contributed by atoms with van der Waals surface area (Å²) in [7, 11) is 0. The Morgan fingerprint density at radius 3 is 2.53 bits per heavy atom. The number of halogens is 3. The molecular formula is C28H35F3N2O3. The molecule has 2 N–H and O–H groups in total. The average molecular weight is 505 g/mol. The highest BCUT2D eigenvalue weighted by atomic mass is 19.4. The van der Waals surface area contributed by atoms with Crippen molar-refractivity contribution in [2.24, 2.45) is 5.16 Å². The predicted octanol–water partition coefficient (Wildman–Crippen LogP) is 6.82. The number of carbonyl (C=O) groups is 1. The molecule has 1 aliphatic rings. The van der Waals surface area contributed by atoms with Crippen molar-refractivity contribution in [1.82, 2.24) is 5.32 Å². The lowest BCUT2D eigenvalue weighted by molar-refractivity contribution is -0.138. The average Bonchev–Trinajstić information content (AvgIpc) is 2.86. The third kappa shape index (κ3) is 7.82. The minimum absolute atomic E-state index is 0.0407. The summed E-state index contributed by atoms with van der Waals surface area (Å²) in [4.78, 5) is 16.1. The van der Waals surface area contributed by atoms with Crippen molar-refractivity contribution in [1.29, 1.82) is 0 Å². The Labute approximate surface area is 210 Å². The summed E-state index contributed by atoms with van der Waals surface area (Å²) < 4.78 is 41.6. The van der Waals surface area contributed by atoms with E-state index >= 15 is 0 Å². The molecule has 1 aliphatic carbocycles. The molecule has 3 rings (SSSR count). The molecule has 36 heavy (non-hydrogen) atoms. The first kappa shape index (κ1) is 27.7. The Balaban J connectivity index is 1.66. The quantitative estimate of drug-likeness (QED) is 0.200. The molecule has 0 heterocycles. The van der Waals surface area contributed by atoms with Crippen LogP contribution in [-0.4, -0.2) is 23.3 Å². The molecule has 0 aromatic heterocycles. The molecule has 0 saturated heterocycles. The van der Waals surface area contributed by atoms with Crippen molar-refractivity contribution in [2.45, 2.75) is 84.0 Å². The highest BCUT2D eigenvalue weighted by Crippen LogP contribution is 2.41. The van der Waals surface area contributed by atoms with Gasteiger partial charge in [0, 0.05) is 13.1 Å². The first-order chi connectivity index (χ1) is 17.2. The van der Waals surface area contributed by atoms with E-state index in [0.717, 1.165) is 55.2 Å². The van der Waals surface area contributed by atoms with E-state index in [1.54, 1.807) is 19.1 Å². The summed E-state index contributed by atoms with van der Waals surface area (Å²) in [5.41, 5.74) is 3.73. The summed E-state index contributed by atoms with van der Waals surface area (Å²) in [5.74, 6) is -0.877. The predicted molar refractivity (Wildman–Crippen MR) is 134 cm³/mol. The lowest BCUT2D eigenvalue weighted by Crippen LogP contribution is -2.18. The van der Waals surface area contributed by atoms with Crippen LogP contribution in [0.4, 0.5) is 13.2 Å². The number of benzene rings is 2. The van der Waals surface area contributed by atoms with Gasteiger partial charge < -0.3 is 15.3 Å². The van der Waals surface area contributed by atoms with Crippen LogP contribution in [0.3, 0.4) is 0 Å². The molecule has 2 aromatic rings. The highest BCUT2D eigenvalue weighted by molar-refractivity contribution is 5.98. The first-order valence-electron chi connectivity index (χ1n) is 12.6. The normalized spacial score (nSPS) is 15.2. The zero-order chi connectivity index (χ0) is 26.1. The molecule has 1 saturated carbocycles. The zero-order valence-corrected chi connectivity index (χ0v) is 21.0. The lowest BCUT2D eigenvalue weighted by atomic mass is 9.81. The van der Waals surface area contributed by atoms with Gasteiger partial charge in [0.25, 0.3) is 0 Å². The maximum absolute atomic E-state index is 13.9. The molecule has 196 valence electrons. The maximum Gasteiger partial charge on any atom is 0.416 e. The topological polar surface area (TPSA) is 70.9 Å². The van der Waals surface area contributed by atoms with Crippen LogP contribution >= 0.6 is 0 Å². The zero-order valence-electron chi connectivity index (χ0n) is 21.0. The second-order valence-electron chi connectivity index (χ2n) is 9.36. The van der Waals surface area contributed by atoms with Crippen molar-refractivity contribution in [3.63, 3.8) is 0 Å². The summed E-state index contributed by atoms with van der Waals surface area (Å²) in [6, 6.07) is 10.4. The van der Waals surface area contributed by atoms with Gasteiger partial charge in [0.15, 0.2) is 0 Å². The van der Waals surface area contributed by atoms with Crippen molar-refractivity contribution in [3.8, 4) is 0 Å². The third-order valence-corrected chi connectivity index (χ3v) is 6.74. The van der Waals surface area contributed by atoms with Gasteiger partial charge in [-0.25, -0.2) is 0 Å². The molecule has 2 aromatic carbocycles. The van der Waals surface area contributed by atoms with Crippen LogP contribution in [0.15, 0.2) is 41.6 Å². The number of aryl methyl sites for hydroxylation is 1. The summed E-state index contributed by atoms with van der Waals surface area (Å²) in [6.45, 7) is 4.86. The van der Waals surface area contributed by atoms with Gasteiger partial charge in [-0.2, -0.15) is 13.2 Å². The van der Waals surface area contributed by atoms with E-state index in [-0.39, 0.29) is 18.9 Å². The Bertz CT molecular complexity index is 1060. The van der Waals surface area contributed by atoms with Crippen LogP contribution in [0.2, 0.25) is 0 Å². The van der Waals surface area contributed by atoms with E-state index in [0.29, 0.717) is 29.9 Å². The van der Waals surface area contributed by atoms with Crippen molar-refractivity contribution < 1.29 is 27.9 Å². The number of nitrogens with zero attached hydrogens (tertiary/aromatic N) is 1. The molecule has 0 radical (unpaired) electrons. The van der Waals surface area contributed by atoms with E-state index in [4.69, 9.17) is 9.94 Å². The number of alkyl halides is 3. The summed E-state index contributed by atoms with van der Waals surface area (Å²) in [5, 5.41) is 16.0. The van der Waals surface area contributed by atoms with Crippen LogP contribution in [0.5, 0.6) is 0 Å². The number of aliphatic carboxylic acids is 1. The molecule has 0 unspecified atom stereocenters. The maximum atomic E-state index is 13.9. The number of nitrogens with one attached hydrogen (secondary N) is 1. The van der Waals surface area contributed by atoms with Gasteiger partial charge in [0.05, 0.1) is 17.7 Å². The Morgan fingerprint density at radius 1 is 1.11 bits per heavy atom. The van der Waals surface area contributed by atoms with Gasteiger partial charge >= 0.3 is 12.1 Å². The van der Waals surface area contributed by atoms with Crippen molar-refractivity contribution in [2.75, 3.05) is 6.54 Å². The van der Waals surface area contributed by atoms with Gasteiger partial charge in [0.2, 0.25) is 0 Å². The monoisotopic (exact) mass is 504 g/mol. The van der Waals surface area contributed by atoms with Crippen molar-refractivity contribution >= 4 is 11.7 Å². The molecule has 0 amide bonds. The largest absolute Gasteiger partial charge is 0.481 e. The molecule has 0 aliphatic heterocycles. The van der Waals surface area contributed by atoms with E-state index < -0.39 is 17.7 Å². The van der Waals surface area contributed by atoms with Gasteiger partial charge in [-0.1, -0.05) is 61.7 Å². The van der Waals surface area contributed by atoms with E-state index in [9.17, 15) is 18.0 Å².